The summed E-state index contributed by atoms with van der Waals surface area (Å²) in [5.41, 5.74) is 2.82. The molecule has 0 N–H and O–H groups in total. The fourth-order valence-corrected chi connectivity index (χ4v) is 4.74. The van der Waals surface area contributed by atoms with E-state index < -0.39 is 0 Å². The third kappa shape index (κ3) is 3.16. The van der Waals surface area contributed by atoms with Crippen molar-refractivity contribution in [2.75, 3.05) is 0 Å². The summed E-state index contributed by atoms with van der Waals surface area (Å²) in [5, 5.41) is 0.866. The zero-order valence-electron chi connectivity index (χ0n) is 16.1. The zero-order valence-corrected chi connectivity index (χ0v) is 17.0. The predicted octanol–water partition coefficient (Wildman–Crippen LogP) is 3.74. The van der Waals surface area contributed by atoms with Gasteiger partial charge < -0.3 is 4.74 Å². The second-order valence-electron chi connectivity index (χ2n) is 7.92. The number of carbonyl (C=O) groups is 1. The molecule has 0 saturated heterocycles. The molecule has 0 spiro atoms. The number of thiophene rings is 1. The molecule has 0 bridgehead atoms. The Labute approximate surface area is 170 Å². The van der Waals surface area contributed by atoms with Crippen LogP contribution in [0.2, 0.25) is 0 Å². The molecule has 5 rings (SSSR count). The number of fused-ring (bicyclic) bond motifs is 4. The number of carbonyl (C=O) groups excluding carboxylic acids is 1. The third-order valence-electron chi connectivity index (χ3n) is 5.23. The fourth-order valence-electron chi connectivity index (χ4n) is 3.66. The van der Waals surface area contributed by atoms with Crippen LogP contribution in [0.1, 0.15) is 35.5 Å². The molecule has 4 aromatic rings. The Bertz CT molecular complexity index is 1320. The van der Waals surface area contributed by atoms with Crippen LogP contribution in [0.25, 0.3) is 20.4 Å². The Morgan fingerprint density at radius 3 is 2.86 bits per heavy atom. The number of rotatable bonds is 3. The van der Waals surface area contributed by atoms with Crippen LogP contribution in [-0.4, -0.2) is 25.9 Å². The molecule has 4 heterocycles. The van der Waals surface area contributed by atoms with Crippen molar-refractivity contribution in [1.29, 1.82) is 0 Å². The second-order valence-corrected chi connectivity index (χ2v) is 8.92. The van der Waals surface area contributed by atoms with Crippen LogP contribution in [0, 0.1) is 0 Å². The molecule has 0 saturated carbocycles. The van der Waals surface area contributed by atoms with Crippen molar-refractivity contribution < 1.29 is 9.53 Å². The third-order valence-corrected chi connectivity index (χ3v) is 6.30. The van der Waals surface area contributed by atoms with Gasteiger partial charge in [0.05, 0.1) is 36.3 Å². The van der Waals surface area contributed by atoms with Gasteiger partial charge in [-0.05, 0) is 19.9 Å². The summed E-state index contributed by atoms with van der Waals surface area (Å²) in [7, 11) is 0. The number of Topliss-reactive ketones (excluding diaryl/α,β-unsaturated/α-hetero) is 1. The summed E-state index contributed by atoms with van der Waals surface area (Å²) in [4.78, 5) is 35.6. The molecule has 0 fully saturated rings. The van der Waals surface area contributed by atoms with Crippen molar-refractivity contribution in [2.24, 2.45) is 0 Å². The van der Waals surface area contributed by atoms with Crippen LogP contribution >= 0.6 is 11.3 Å². The minimum atomic E-state index is -0.243. The van der Waals surface area contributed by atoms with Crippen LogP contribution in [0.4, 0.5) is 0 Å². The standard InChI is InChI=1S/C22H19N3O3S/c1-22(2)9-16-14(11-28-22)8-15-18-19(29-20(15)24-16)21(27)25(12-23-18)10-17(26)13-6-4-3-5-7-13/h3-8,12H,9-11H2,1-2H3. The molecule has 0 aliphatic carbocycles. The van der Waals surface area contributed by atoms with Gasteiger partial charge in [-0.1, -0.05) is 30.3 Å². The van der Waals surface area contributed by atoms with Gasteiger partial charge in [0.1, 0.15) is 9.53 Å². The Balaban J connectivity index is 1.58. The minimum absolute atomic E-state index is 0.0357. The maximum atomic E-state index is 13.0. The number of ether oxygens (including phenoxy) is 1. The molecular weight excluding hydrogens is 386 g/mol. The highest BCUT2D eigenvalue weighted by Gasteiger charge is 2.28. The molecule has 7 heteroatoms. The van der Waals surface area contributed by atoms with Crippen molar-refractivity contribution >= 4 is 37.6 Å². The first-order valence-corrected chi connectivity index (χ1v) is 10.3. The molecule has 0 atom stereocenters. The van der Waals surface area contributed by atoms with E-state index in [0.717, 1.165) is 27.9 Å². The van der Waals surface area contributed by atoms with E-state index in [4.69, 9.17) is 9.72 Å². The summed E-state index contributed by atoms with van der Waals surface area (Å²) >= 11 is 1.34. The first-order chi connectivity index (χ1) is 13.9. The molecule has 1 aliphatic rings. The van der Waals surface area contributed by atoms with Gasteiger partial charge in [-0.15, -0.1) is 11.3 Å². The molecule has 146 valence electrons. The quantitative estimate of drug-likeness (QED) is 0.486. The van der Waals surface area contributed by atoms with E-state index in [1.807, 2.05) is 24.3 Å². The first kappa shape index (κ1) is 18.1. The summed E-state index contributed by atoms with van der Waals surface area (Å²) in [6, 6.07) is 11.0. The van der Waals surface area contributed by atoms with Crippen molar-refractivity contribution in [3.8, 4) is 0 Å². The van der Waals surface area contributed by atoms with Gasteiger partial charge in [0.15, 0.2) is 5.78 Å². The Morgan fingerprint density at radius 2 is 2.07 bits per heavy atom. The number of nitrogens with zero attached hydrogens (tertiary/aromatic N) is 3. The normalized spacial score (nSPS) is 15.5. The first-order valence-electron chi connectivity index (χ1n) is 9.44. The summed E-state index contributed by atoms with van der Waals surface area (Å²) in [6.07, 6.45) is 2.19. The van der Waals surface area contributed by atoms with E-state index >= 15 is 0 Å². The molecular formula is C22H19N3O3S. The maximum absolute atomic E-state index is 13.0. The monoisotopic (exact) mass is 405 g/mol. The van der Waals surface area contributed by atoms with Crippen LogP contribution in [0.3, 0.4) is 0 Å². The lowest BCUT2D eigenvalue weighted by Crippen LogP contribution is -2.32. The van der Waals surface area contributed by atoms with Crippen LogP contribution in [-0.2, 0) is 24.3 Å². The van der Waals surface area contributed by atoms with Gasteiger partial charge in [0, 0.05) is 22.9 Å². The van der Waals surface area contributed by atoms with Crippen LogP contribution in [0.15, 0.2) is 47.5 Å². The van der Waals surface area contributed by atoms with Crippen molar-refractivity contribution in [1.82, 2.24) is 14.5 Å². The van der Waals surface area contributed by atoms with Gasteiger partial charge in [-0.2, -0.15) is 0 Å². The van der Waals surface area contributed by atoms with E-state index in [2.05, 4.69) is 18.8 Å². The molecule has 3 aromatic heterocycles. The lowest BCUT2D eigenvalue weighted by molar-refractivity contribution is -0.0411. The predicted molar refractivity (Wildman–Crippen MR) is 113 cm³/mol. The number of aromatic nitrogens is 3. The van der Waals surface area contributed by atoms with E-state index in [-0.39, 0.29) is 23.5 Å². The van der Waals surface area contributed by atoms with Gasteiger partial charge in [-0.25, -0.2) is 9.97 Å². The smallest absolute Gasteiger partial charge is 0.271 e. The largest absolute Gasteiger partial charge is 0.370 e. The molecule has 1 aliphatic heterocycles. The number of hydrogen-bond donors (Lipinski definition) is 0. The molecule has 29 heavy (non-hydrogen) atoms. The van der Waals surface area contributed by atoms with Crippen LogP contribution in [0.5, 0.6) is 0 Å². The molecule has 0 unspecified atom stereocenters. The van der Waals surface area contributed by atoms with Crippen molar-refractivity contribution in [2.45, 2.75) is 39.0 Å². The topological polar surface area (TPSA) is 74.1 Å². The maximum Gasteiger partial charge on any atom is 0.271 e. The van der Waals surface area contributed by atoms with E-state index in [1.54, 1.807) is 12.1 Å². The number of ketones is 1. The lowest BCUT2D eigenvalue weighted by atomic mass is 9.95. The number of hydrogen-bond acceptors (Lipinski definition) is 6. The van der Waals surface area contributed by atoms with E-state index in [0.29, 0.717) is 22.4 Å². The summed E-state index contributed by atoms with van der Waals surface area (Å²) in [5.74, 6) is -0.122. The van der Waals surface area contributed by atoms with Crippen molar-refractivity contribution in [3.05, 3.63) is 69.9 Å². The van der Waals surface area contributed by atoms with Gasteiger partial charge in [0.2, 0.25) is 0 Å². The summed E-state index contributed by atoms with van der Waals surface area (Å²) < 4.78 is 7.80. The van der Waals surface area contributed by atoms with Gasteiger partial charge in [0.25, 0.3) is 5.56 Å². The van der Waals surface area contributed by atoms with Crippen molar-refractivity contribution in [3.63, 3.8) is 0 Å². The Kier molecular flexibility index (Phi) is 4.11. The van der Waals surface area contributed by atoms with Crippen LogP contribution < -0.4 is 5.56 Å². The minimum Gasteiger partial charge on any atom is -0.370 e. The van der Waals surface area contributed by atoms with Gasteiger partial charge in [-0.3, -0.25) is 14.2 Å². The SMILES string of the molecule is CC1(C)Cc2nc3sc4c(=O)n(CC(=O)c5ccccc5)cnc4c3cc2CO1. The highest BCUT2D eigenvalue weighted by atomic mass is 32.1. The molecule has 0 amide bonds. The summed E-state index contributed by atoms with van der Waals surface area (Å²) in [6.45, 7) is 4.57. The Hall–Kier alpha value is -2.90. The lowest BCUT2D eigenvalue weighted by Gasteiger charge is -2.30. The fraction of sp³-hybridized carbons (Fsp3) is 0.273. The molecule has 0 radical (unpaired) electrons. The Morgan fingerprint density at radius 1 is 1.28 bits per heavy atom. The molecule has 6 nitrogen and oxygen atoms in total. The number of benzene rings is 1. The highest BCUT2D eigenvalue weighted by molar-refractivity contribution is 7.25. The molecule has 1 aromatic carbocycles. The van der Waals surface area contributed by atoms with E-state index in [9.17, 15) is 9.59 Å². The second kappa shape index (κ2) is 6.57. The zero-order chi connectivity index (χ0) is 20.2. The average molecular weight is 405 g/mol. The number of pyridine rings is 1. The average Bonchev–Trinajstić information content (AvgIpc) is 3.06. The van der Waals surface area contributed by atoms with Gasteiger partial charge >= 0.3 is 0 Å². The van der Waals surface area contributed by atoms with E-state index in [1.165, 1.54) is 22.2 Å². The highest BCUT2D eigenvalue weighted by Crippen LogP contribution is 2.34.